The first-order chi connectivity index (χ1) is 11.7. The first kappa shape index (κ1) is 15.7. The van der Waals surface area contributed by atoms with E-state index in [2.05, 4.69) is 32.2 Å². The Hall–Kier alpha value is -3.21. The minimum absolute atomic E-state index is 0.330. The Balaban J connectivity index is 1.78. The summed E-state index contributed by atoms with van der Waals surface area (Å²) in [5.74, 6) is -0.330. The number of pyridine rings is 1. The van der Waals surface area contributed by atoms with Gasteiger partial charge in [-0.25, -0.2) is 5.43 Å². The fourth-order valence-electron chi connectivity index (χ4n) is 2.61. The molecule has 2 aromatic heterocycles. The van der Waals surface area contributed by atoms with E-state index < -0.39 is 0 Å². The molecule has 120 valence electrons. The van der Waals surface area contributed by atoms with Crippen LogP contribution >= 0.6 is 0 Å². The summed E-state index contributed by atoms with van der Waals surface area (Å²) in [5.41, 5.74) is 7.07. The monoisotopic (exact) mass is 318 g/mol. The summed E-state index contributed by atoms with van der Waals surface area (Å²) in [7, 11) is 0. The van der Waals surface area contributed by atoms with E-state index in [1.54, 1.807) is 30.6 Å². The Morgan fingerprint density at radius 1 is 1.12 bits per heavy atom. The summed E-state index contributed by atoms with van der Waals surface area (Å²) in [4.78, 5) is 15.9. The molecular weight excluding hydrogens is 300 g/mol. The molecule has 5 nitrogen and oxygen atoms in total. The van der Waals surface area contributed by atoms with Gasteiger partial charge in [0.25, 0.3) is 5.91 Å². The molecule has 0 aliphatic rings. The number of para-hydroxylation sites is 1. The summed E-state index contributed by atoms with van der Waals surface area (Å²) in [6.45, 7) is 4.08. The number of nitrogens with one attached hydrogen (secondary N) is 1. The van der Waals surface area contributed by atoms with Crippen molar-refractivity contribution < 1.29 is 4.79 Å². The number of carbonyl (C=O) groups excluding carboxylic acids is 1. The molecule has 0 aliphatic heterocycles. The molecule has 2 heterocycles. The Labute approximate surface area is 140 Å². The Morgan fingerprint density at radius 3 is 2.58 bits per heavy atom. The van der Waals surface area contributed by atoms with Crippen molar-refractivity contribution in [2.75, 3.05) is 0 Å². The molecule has 1 aromatic carbocycles. The minimum atomic E-state index is -0.330. The van der Waals surface area contributed by atoms with Gasteiger partial charge >= 0.3 is 0 Å². The van der Waals surface area contributed by atoms with Crippen LogP contribution in [0.2, 0.25) is 0 Å². The highest BCUT2D eigenvalue weighted by Gasteiger charge is 2.09. The number of hydrogen-bond acceptors (Lipinski definition) is 3. The average Bonchev–Trinajstić information content (AvgIpc) is 2.90. The number of aryl methyl sites for hydroxylation is 1. The lowest BCUT2D eigenvalue weighted by Gasteiger charge is -2.08. The first-order valence-corrected chi connectivity index (χ1v) is 7.65. The first-order valence-electron chi connectivity index (χ1n) is 7.65. The van der Waals surface area contributed by atoms with Crippen molar-refractivity contribution in [2.24, 2.45) is 5.10 Å². The quantitative estimate of drug-likeness (QED) is 0.593. The van der Waals surface area contributed by atoms with Crippen molar-refractivity contribution in [3.8, 4) is 5.69 Å². The predicted molar refractivity (Wildman–Crippen MR) is 94.5 cm³/mol. The molecule has 1 N–H and O–H groups in total. The Kier molecular flexibility index (Phi) is 4.52. The molecule has 5 heteroatoms. The number of amides is 1. The second kappa shape index (κ2) is 6.91. The number of carbonyl (C=O) groups is 1. The molecule has 3 aromatic rings. The van der Waals surface area contributed by atoms with E-state index in [1.807, 2.05) is 38.1 Å². The van der Waals surface area contributed by atoms with E-state index in [4.69, 9.17) is 0 Å². The number of nitrogens with zero attached hydrogens (tertiary/aromatic N) is 3. The highest BCUT2D eigenvalue weighted by molar-refractivity contribution is 5.93. The molecule has 0 fully saturated rings. The van der Waals surface area contributed by atoms with Gasteiger partial charge in [0, 0.05) is 28.8 Å². The van der Waals surface area contributed by atoms with Gasteiger partial charge in [-0.05, 0) is 44.2 Å². The summed E-state index contributed by atoms with van der Waals surface area (Å²) in [5, 5.41) is 4.05. The average molecular weight is 318 g/mol. The second-order valence-corrected chi connectivity index (χ2v) is 5.41. The molecule has 0 atom stereocenters. The van der Waals surface area contributed by atoms with E-state index in [0.717, 1.165) is 22.6 Å². The van der Waals surface area contributed by atoms with Crippen LogP contribution in [0.25, 0.3) is 5.69 Å². The molecule has 0 saturated heterocycles. The molecule has 0 saturated carbocycles. The van der Waals surface area contributed by atoms with Crippen LogP contribution in [0.1, 0.15) is 27.4 Å². The van der Waals surface area contributed by atoms with Crippen LogP contribution in [0.3, 0.4) is 0 Å². The van der Waals surface area contributed by atoms with Crippen LogP contribution in [-0.4, -0.2) is 21.7 Å². The maximum Gasteiger partial charge on any atom is 0.289 e. The smallest absolute Gasteiger partial charge is 0.289 e. The third kappa shape index (κ3) is 3.25. The minimum Gasteiger partial charge on any atom is -0.318 e. The lowest BCUT2D eigenvalue weighted by molar-refractivity contribution is 0.0950. The van der Waals surface area contributed by atoms with Gasteiger partial charge in [-0.15, -0.1) is 0 Å². The topological polar surface area (TPSA) is 59.3 Å². The SMILES string of the molecule is Cc1cc(/C=N\NC(=O)c2ccccn2)c(C)n1-c1ccccc1. The number of hydrazone groups is 1. The van der Waals surface area contributed by atoms with Crippen molar-refractivity contribution in [3.63, 3.8) is 0 Å². The summed E-state index contributed by atoms with van der Waals surface area (Å²) < 4.78 is 2.15. The van der Waals surface area contributed by atoms with Gasteiger partial charge < -0.3 is 4.57 Å². The summed E-state index contributed by atoms with van der Waals surface area (Å²) in [6, 6.07) is 17.3. The molecule has 0 unspecified atom stereocenters. The predicted octanol–water partition coefficient (Wildman–Crippen LogP) is 3.25. The highest BCUT2D eigenvalue weighted by Crippen LogP contribution is 2.19. The van der Waals surface area contributed by atoms with E-state index in [0.29, 0.717) is 5.69 Å². The van der Waals surface area contributed by atoms with Crippen molar-refractivity contribution in [3.05, 3.63) is 83.4 Å². The van der Waals surface area contributed by atoms with E-state index in [1.165, 1.54) is 0 Å². The number of hydrogen-bond donors (Lipinski definition) is 1. The summed E-state index contributed by atoms with van der Waals surface area (Å²) >= 11 is 0. The van der Waals surface area contributed by atoms with Crippen LogP contribution in [-0.2, 0) is 0 Å². The van der Waals surface area contributed by atoms with Crippen LogP contribution < -0.4 is 5.43 Å². The maximum atomic E-state index is 11.9. The largest absolute Gasteiger partial charge is 0.318 e. The van der Waals surface area contributed by atoms with Crippen molar-refractivity contribution in [1.29, 1.82) is 0 Å². The van der Waals surface area contributed by atoms with Crippen LogP contribution in [0, 0.1) is 13.8 Å². The molecule has 24 heavy (non-hydrogen) atoms. The molecule has 1 amide bonds. The zero-order valence-corrected chi connectivity index (χ0v) is 13.6. The lowest BCUT2D eigenvalue weighted by atomic mass is 10.2. The lowest BCUT2D eigenvalue weighted by Crippen LogP contribution is -2.18. The molecule has 0 aliphatic carbocycles. The van der Waals surface area contributed by atoms with Crippen molar-refractivity contribution in [2.45, 2.75) is 13.8 Å². The van der Waals surface area contributed by atoms with Gasteiger partial charge in [-0.3, -0.25) is 9.78 Å². The Bertz CT molecular complexity index is 867. The van der Waals surface area contributed by atoms with Crippen LogP contribution in [0.15, 0.2) is 65.9 Å². The molecular formula is C19H18N4O. The highest BCUT2D eigenvalue weighted by atomic mass is 16.2. The normalized spacial score (nSPS) is 10.9. The van der Waals surface area contributed by atoms with E-state index >= 15 is 0 Å². The van der Waals surface area contributed by atoms with Gasteiger partial charge in [0.05, 0.1) is 6.21 Å². The second-order valence-electron chi connectivity index (χ2n) is 5.41. The molecule has 0 bridgehead atoms. The standard InChI is InChI=1S/C19H18N4O/c1-14-12-16(15(2)23(14)17-8-4-3-5-9-17)13-21-22-19(24)18-10-6-7-11-20-18/h3-13H,1-2H3,(H,22,24)/b21-13-. The number of rotatable bonds is 4. The molecule has 3 rings (SSSR count). The fraction of sp³-hybridized carbons (Fsp3) is 0.105. The van der Waals surface area contributed by atoms with Gasteiger partial charge in [-0.2, -0.15) is 5.10 Å². The van der Waals surface area contributed by atoms with Crippen LogP contribution in [0.5, 0.6) is 0 Å². The van der Waals surface area contributed by atoms with Crippen molar-refractivity contribution >= 4 is 12.1 Å². The van der Waals surface area contributed by atoms with Gasteiger partial charge in [-0.1, -0.05) is 24.3 Å². The zero-order chi connectivity index (χ0) is 16.9. The number of benzene rings is 1. The van der Waals surface area contributed by atoms with Gasteiger partial charge in [0.2, 0.25) is 0 Å². The van der Waals surface area contributed by atoms with Crippen LogP contribution in [0.4, 0.5) is 0 Å². The van der Waals surface area contributed by atoms with E-state index in [9.17, 15) is 4.79 Å². The van der Waals surface area contributed by atoms with Gasteiger partial charge in [0.1, 0.15) is 5.69 Å². The maximum absolute atomic E-state index is 11.9. The van der Waals surface area contributed by atoms with Gasteiger partial charge in [0.15, 0.2) is 0 Å². The molecule has 0 radical (unpaired) electrons. The fourth-order valence-corrected chi connectivity index (χ4v) is 2.61. The van der Waals surface area contributed by atoms with E-state index in [-0.39, 0.29) is 5.91 Å². The number of aromatic nitrogens is 2. The Morgan fingerprint density at radius 2 is 1.88 bits per heavy atom. The zero-order valence-electron chi connectivity index (χ0n) is 13.6. The molecule has 0 spiro atoms. The third-order valence-corrected chi connectivity index (χ3v) is 3.75. The summed E-state index contributed by atoms with van der Waals surface area (Å²) in [6.07, 6.45) is 3.23. The van der Waals surface area contributed by atoms with Crippen molar-refractivity contribution in [1.82, 2.24) is 15.0 Å². The third-order valence-electron chi connectivity index (χ3n) is 3.75.